The summed E-state index contributed by atoms with van der Waals surface area (Å²) in [6.07, 6.45) is -1.71. The van der Waals surface area contributed by atoms with E-state index in [9.17, 15) is 8.78 Å². The van der Waals surface area contributed by atoms with E-state index >= 15 is 0 Å². The Kier molecular flexibility index (Phi) is 7.46. The van der Waals surface area contributed by atoms with Crippen molar-refractivity contribution < 1.29 is 23.0 Å². The van der Waals surface area contributed by atoms with Crippen molar-refractivity contribution in [3.8, 4) is 0 Å². The molecule has 0 aliphatic heterocycles. The van der Waals surface area contributed by atoms with Crippen LogP contribution in [-0.4, -0.2) is 45.5 Å². The summed E-state index contributed by atoms with van der Waals surface area (Å²) in [4.78, 5) is 5.58. The minimum atomic E-state index is -2.84. The van der Waals surface area contributed by atoms with Crippen LogP contribution in [-0.2, 0) is 14.2 Å². The number of hydrogen-bond donors (Lipinski definition) is 0. The fraction of sp³-hybridized carbons (Fsp3) is 0.778. The monoisotopic (exact) mass is 332 g/mol. The Morgan fingerprint density at radius 1 is 1.13 bits per heavy atom. The van der Waals surface area contributed by atoms with Crippen molar-refractivity contribution in [2.24, 2.45) is 0 Å². The summed E-state index contributed by atoms with van der Waals surface area (Å²) in [6.45, 7) is 0.640. The Bertz CT molecular complexity index is 210. The molecular weight excluding hydrogens is 313 g/mol. The molecule has 0 atom stereocenters. The molecule has 0 unspecified atom stereocenters. The minimum absolute atomic E-state index is 0.123. The van der Waals surface area contributed by atoms with Gasteiger partial charge in [-0.15, -0.1) is 0 Å². The Morgan fingerprint density at radius 3 is 2.13 bits per heavy atom. The van der Waals surface area contributed by atoms with Gasteiger partial charge in [0.1, 0.15) is 0 Å². The first-order chi connectivity index (χ1) is 6.89. The van der Waals surface area contributed by atoms with Crippen molar-refractivity contribution in [3.63, 3.8) is 0 Å². The third kappa shape index (κ3) is 7.08. The number of ether oxygens (including phenoxy) is 3. The van der Waals surface area contributed by atoms with E-state index < -0.39 is 24.5 Å². The van der Waals surface area contributed by atoms with Gasteiger partial charge < -0.3 is 0 Å². The van der Waals surface area contributed by atoms with Crippen molar-refractivity contribution in [2.45, 2.75) is 14.8 Å². The molecule has 0 N–H and O–H groups in total. The first kappa shape index (κ1) is 15.1. The van der Waals surface area contributed by atoms with Crippen molar-refractivity contribution in [1.29, 1.82) is 0 Å². The van der Waals surface area contributed by atoms with Crippen LogP contribution < -0.4 is 0 Å². The molecule has 0 bridgehead atoms. The second-order valence-electron chi connectivity index (χ2n) is 4.00. The first-order valence-corrected chi connectivity index (χ1v) is 14.6. The Hall–Kier alpha value is 0.119. The molecule has 0 amide bonds. The van der Waals surface area contributed by atoms with Gasteiger partial charge in [-0.1, -0.05) is 0 Å². The molecule has 0 rings (SSSR count). The number of rotatable bonds is 7. The van der Waals surface area contributed by atoms with Crippen LogP contribution in [0.4, 0.5) is 8.78 Å². The van der Waals surface area contributed by atoms with Crippen LogP contribution in [0.15, 0.2) is 9.86 Å². The second-order valence-corrected chi connectivity index (χ2v) is 18.1. The van der Waals surface area contributed by atoms with Gasteiger partial charge in [0.25, 0.3) is 0 Å². The van der Waals surface area contributed by atoms with E-state index in [4.69, 9.17) is 14.2 Å². The van der Waals surface area contributed by atoms with Crippen LogP contribution >= 0.6 is 0 Å². The van der Waals surface area contributed by atoms with Gasteiger partial charge in [0, 0.05) is 0 Å². The summed E-state index contributed by atoms with van der Waals surface area (Å²) in [5, 5.41) is 0. The molecule has 0 radical (unpaired) electrons. The standard InChI is InChI=1S/C6H9F2O3.3CH3.Sn/c1-9-2-3-10-5-11-4-6(7)8;;;;/h2-3,5H2,1H3;3*1H3;. The van der Waals surface area contributed by atoms with E-state index in [1.54, 1.807) is 7.11 Å². The van der Waals surface area contributed by atoms with Crippen LogP contribution in [0.5, 0.6) is 0 Å². The van der Waals surface area contributed by atoms with Gasteiger partial charge in [0.15, 0.2) is 0 Å². The molecule has 0 saturated heterocycles. The molecule has 6 heteroatoms. The summed E-state index contributed by atoms with van der Waals surface area (Å²) in [5.41, 5.74) is 0. The quantitative estimate of drug-likeness (QED) is 0.311. The van der Waals surface area contributed by atoms with Gasteiger partial charge in [0.2, 0.25) is 0 Å². The predicted molar refractivity (Wildman–Crippen MR) is 56.4 cm³/mol. The molecule has 0 heterocycles. The molecule has 0 aliphatic rings. The van der Waals surface area contributed by atoms with Gasteiger partial charge in [-0.25, -0.2) is 0 Å². The molecule has 15 heavy (non-hydrogen) atoms. The fourth-order valence-electron chi connectivity index (χ4n) is 0.856. The van der Waals surface area contributed by atoms with Crippen LogP contribution in [0.25, 0.3) is 0 Å². The van der Waals surface area contributed by atoms with E-state index in [0.29, 0.717) is 13.2 Å². The first-order valence-electron chi connectivity index (χ1n) is 4.65. The van der Waals surface area contributed by atoms with E-state index in [0.717, 1.165) is 0 Å². The van der Waals surface area contributed by atoms with E-state index in [1.807, 2.05) is 14.8 Å². The summed E-state index contributed by atoms with van der Waals surface area (Å²) in [5.74, 6) is 0. The van der Waals surface area contributed by atoms with E-state index in [2.05, 4.69) is 0 Å². The van der Waals surface area contributed by atoms with Gasteiger partial charge in [0.05, 0.1) is 0 Å². The SMILES string of the molecule is COCCOCO[C](=C(F)F)[Sn]([CH3])([CH3])[CH3]. The Labute approximate surface area is 93.3 Å². The normalized spacial score (nSPS) is 11.3. The molecule has 0 aromatic heterocycles. The Balaban J connectivity index is 3.97. The van der Waals surface area contributed by atoms with Gasteiger partial charge in [-0.2, -0.15) is 0 Å². The van der Waals surface area contributed by atoms with Gasteiger partial charge >= 0.3 is 93.2 Å². The predicted octanol–water partition coefficient (Wildman–Crippen LogP) is 2.61. The summed E-state index contributed by atoms with van der Waals surface area (Å²) in [6, 6.07) is 0. The zero-order valence-electron chi connectivity index (χ0n) is 9.60. The zero-order chi connectivity index (χ0) is 11.9. The Morgan fingerprint density at radius 2 is 1.73 bits per heavy atom. The topological polar surface area (TPSA) is 27.7 Å². The molecule has 0 spiro atoms. The maximum atomic E-state index is 12.5. The van der Waals surface area contributed by atoms with Crippen LogP contribution in [0.2, 0.25) is 14.8 Å². The average Bonchev–Trinajstić information content (AvgIpc) is 2.08. The van der Waals surface area contributed by atoms with Crippen molar-refractivity contribution in [2.75, 3.05) is 27.1 Å². The van der Waals surface area contributed by atoms with E-state index in [-0.39, 0.29) is 10.6 Å². The van der Waals surface area contributed by atoms with Crippen molar-refractivity contribution in [3.05, 3.63) is 9.86 Å². The van der Waals surface area contributed by atoms with Gasteiger partial charge in [-0.3, -0.25) is 0 Å². The summed E-state index contributed by atoms with van der Waals surface area (Å²) in [7, 11) is 1.54. The second kappa shape index (κ2) is 7.40. The van der Waals surface area contributed by atoms with Crippen LogP contribution in [0.3, 0.4) is 0 Å². The molecule has 0 saturated carbocycles. The van der Waals surface area contributed by atoms with Crippen molar-refractivity contribution >= 4 is 18.4 Å². The third-order valence-corrected chi connectivity index (χ3v) is 6.41. The summed E-state index contributed by atoms with van der Waals surface area (Å²) >= 11 is -2.84. The van der Waals surface area contributed by atoms with Crippen LogP contribution in [0, 0.1) is 0 Å². The molecule has 3 nitrogen and oxygen atoms in total. The maximum absolute atomic E-state index is 12.5. The zero-order valence-corrected chi connectivity index (χ0v) is 12.5. The van der Waals surface area contributed by atoms with Crippen LogP contribution in [0.1, 0.15) is 0 Å². The van der Waals surface area contributed by atoms with Gasteiger partial charge in [-0.05, 0) is 0 Å². The fourth-order valence-corrected chi connectivity index (χ4v) is 3.88. The number of methoxy groups -OCH3 is 1. The number of hydrogen-bond acceptors (Lipinski definition) is 3. The van der Waals surface area contributed by atoms with E-state index in [1.165, 1.54) is 0 Å². The van der Waals surface area contributed by atoms with Crippen molar-refractivity contribution in [1.82, 2.24) is 0 Å². The molecule has 0 aromatic rings. The summed E-state index contributed by atoms with van der Waals surface area (Å²) < 4.78 is 39.5. The number of halogens is 2. The molecule has 90 valence electrons. The average molecular weight is 331 g/mol. The molecular formula is C9H18F2O3Sn. The molecule has 0 aliphatic carbocycles. The molecule has 0 aromatic carbocycles. The third-order valence-electron chi connectivity index (χ3n) is 1.57. The molecule has 0 fully saturated rings.